The standard InChI is InChI=1S/C16H14BrFN2O3/c17-14-7-12(18)5-4-11(14)9-23-13-3-1-2-10(6-13)16(22)20-8-15(19)21/h1-7H,8-9H2,(H2,19,21)(H,20,22). The first kappa shape index (κ1) is 17.0. The highest BCUT2D eigenvalue weighted by atomic mass is 79.9. The minimum absolute atomic E-state index is 0.215. The van der Waals surface area contributed by atoms with Gasteiger partial charge in [0, 0.05) is 15.6 Å². The first-order chi connectivity index (χ1) is 11.0. The number of hydrogen-bond acceptors (Lipinski definition) is 3. The Bertz CT molecular complexity index is 737. The quantitative estimate of drug-likeness (QED) is 0.806. The Balaban J connectivity index is 2.02. The number of hydrogen-bond donors (Lipinski definition) is 2. The van der Waals surface area contributed by atoms with Gasteiger partial charge in [0.15, 0.2) is 0 Å². The fraction of sp³-hybridized carbons (Fsp3) is 0.125. The van der Waals surface area contributed by atoms with E-state index in [0.717, 1.165) is 5.56 Å². The summed E-state index contributed by atoms with van der Waals surface area (Å²) in [6.07, 6.45) is 0. The number of nitrogens with one attached hydrogen (secondary N) is 1. The minimum Gasteiger partial charge on any atom is -0.489 e. The molecule has 0 heterocycles. The Kier molecular flexibility index (Phi) is 5.70. The monoisotopic (exact) mass is 380 g/mol. The number of primary amides is 1. The molecule has 7 heteroatoms. The summed E-state index contributed by atoms with van der Waals surface area (Å²) in [5.41, 5.74) is 6.10. The van der Waals surface area contributed by atoms with Crippen molar-refractivity contribution in [2.24, 2.45) is 5.73 Å². The first-order valence-electron chi connectivity index (χ1n) is 6.69. The van der Waals surface area contributed by atoms with Crippen molar-refractivity contribution in [3.05, 3.63) is 63.9 Å². The molecule has 3 N–H and O–H groups in total. The third-order valence-corrected chi connectivity index (χ3v) is 3.67. The van der Waals surface area contributed by atoms with Crippen molar-refractivity contribution in [1.29, 1.82) is 0 Å². The topological polar surface area (TPSA) is 81.4 Å². The minimum atomic E-state index is -0.619. The molecule has 2 aromatic carbocycles. The molecule has 0 fully saturated rings. The third-order valence-electron chi connectivity index (χ3n) is 2.93. The largest absolute Gasteiger partial charge is 0.489 e. The lowest BCUT2D eigenvalue weighted by atomic mass is 10.2. The predicted octanol–water partition coefficient (Wildman–Crippen LogP) is 2.38. The van der Waals surface area contributed by atoms with Crippen molar-refractivity contribution < 1.29 is 18.7 Å². The van der Waals surface area contributed by atoms with Gasteiger partial charge in [-0.25, -0.2) is 4.39 Å². The zero-order valence-corrected chi connectivity index (χ0v) is 13.6. The van der Waals surface area contributed by atoms with Crippen LogP contribution in [0.4, 0.5) is 4.39 Å². The lowest BCUT2D eigenvalue weighted by Gasteiger charge is -2.09. The number of rotatable bonds is 6. The van der Waals surface area contributed by atoms with Gasteiger partial charge in [-0.1, -0.05) is 28.1 Å². The third kappa shape index (κ3) is 5.07. The van der Waals surface area contributed by atoms with E-state index in [-0.39, 0.29) is 19.0 Å². The van der Waals surface area contributed by atoms with E-state index in [2.05, 4.69) is 21.2 Å². The van der Waals surface area contributed by atoms with Crippen molar-refractivity contribution in [3.8, 4) is 5.75 Å². The van der Waals surface area contributed by atoms with Crippen LogP contribution in [0.15, 0.2) is 46.9 Å². The number of benzene rings is 2. The highest BCUT2D eigenvalue weighted by molar-refractivity contribution is 9.10. The van der Waals surface area contributed by atoms with Crippen LogP contribution >= 0.6 is 15.9 Å². The zero-order chi connectivity index (χ0) is 16.8. The zero-order valence-electron chi connectivity index (χ0n) is 12.0. The van der Waals surface area contributed by atoms with Crippen LogP contribution in [0.2, 0.25) is 0 Å². The average molecular weight is 381 g/mol. The van der Waals surface area contributed by atoms with Gasteiger partial charge in [0.05, 0.1) is 6.54 Å². The summed E-state index contributed by atoms with van der Waals surface area (Å²) in [6, 6.07) is 10.8. The second kappa shape index (κ2) is 7.73. The molecule has 0 saturated heterocycles. The molecule has 2 aromatic rings. The number of halogens is 2. The van der Waals surface area contributed by atoms with E-state index < -0.39 is 11.8 Å². The lowest BCUT2D eigenvalue weighted by Crippen LogP contribution is -2.33. The van der Waals surface area contributed by atoms with Crippen LogP contribution in [-0.4, -0.2) is 18.4 Å². The number of ether oxygens (including phenoxy) is 1. The maximum Gasteiger partial charge on any atom is 0.251 e. The molecule has 5 nitrogen and oxygen atoms in total. The molecule has 0 spiro atoms. The SMILES string of the molecule is NC(=O)CNC(=O)c1cccc(OCc2ccc(F)cc2Br)c1. The fourth-order valence-electron chi connectivity index (χ4n) is 1.80. The summed E-state index contributed by atoms with van der Waals surface area (Å²) in [4.78, 5) is 22.5. The highest BCUT2D eigenvalue weighted by Gasteiger charge is 2.08. The summed E-state index contributed by atoms with van der Waals surface area (Å²) in [5.74, 6) is -0.897. The van der Waals surface area contributed by atoms with Gasteiger partial charge in [0.2, 0.25) is 5.91 Å². The molecular formula is C16H14BrFN2O3. The van der Waals surface area contributed by atoms with Gasteiger partial charge >= 0.3 is 0 Å². The number of nitrogens with two attached hydrogens (primary N) is 1. The Hall–Kier alpha value is -2.41. The van der Waals surface area contributed by atoms with Crippen molar-refractivity contribution in [2.75, 3.05) is 6.54 Å². The lowest BCUT2D eigenvalue weighted by molar-refractivity contribution is -0.117. The smallest absolute Gasteiger partial charge is 0.251 e. The summed E-state index contributed by atoms with van der Waals surface area (Å²) < 4.78 is 19.2. The predicted molar refractivity (Wildman–Crippen MR) is 86.4 cm³/mol. The van der Waals surface area contributed by atoms with E-state index in [9.17, 15) is 14.0 Å². The van der Waals surface area contributed by atoms with E-state index in [1.54, 1.807) is 30.3 Å². The Morgan fingerprint density at radius 2 is 2.00 bits per heavy atom. The second-order valence-electron chi connectivity index (χ2n) is 4.70. The molecule has 23 heavy (non-hydrogen) atoms. The van der Waals surface area contributed by atoms with E-state index in [4.69, 9.17) is 10.5 Å². The van der Waals surface area contributed by atoms with Crippen molar-refractivity contribution in [1.82, 2.24) is 5.32 Å². The molecule has 0 unspecified atom stereocenters. The Morgan fingerprint density at radius 3 is 2.70 bits per heavy atom. The van der Waals surface area contributed by atoms with Gasteiger partial charge < -0.3 is 15.8 Å². The van der Waals surface area contributed by atoms with Crippen LogP contribution < -0.4 is 15.8 Å². The van der Waals surface area contributed by atoms with Crippen LogP contribution in [-0.2, 0) is 11.4 Å². The van der Waals surface area contributed by atoms with Crippen LogP contribution in [0.3, 0.4) is 0 Å². The summed E-state index contributed by atoms with van der Waals surface area (Å²) in [5, 5.41) is 2.40. The van der Waals surface area contributed by atoms with Gasteiger partial charge in [-0.2, -0.15) is 0 Å². The molecule has 0 aromatic heterocycles. The molecule has 0 aliphatic rings. The van der Waals surface area contributed by atoms with E-state index >= 15 is 0 Å². The average Bonchev–Trinajstić information content (AvgIpc) is 2.52. The van der Waals surface area contributed by atoms with Crippen LogP contribution in [0.5, 0.6) is 5.75 Å². The van der Waals surface area contributed by atoms with E-state index in [0.29, 0.717) is 15.8 Å². The number of amides is 2. The first-order valence-corrected chi connectivity index (χ1v) is 7.48. The summed E-state index contributed by atoms with van der Waals surface area (Å²) in [6.45, 7) is -0.0142. The molecule has 0 bridgehead atoms. The van der Waals surface area contributed by atoms with Gasteiger partial charge in [0.25, 0.3) is 5.91 Å². The molecule has 0 saturated carbocycles. The maximum absolute atomic E-state index is 13.0. The Labute approximate surface area is 140 Å². The molecule has 2 rings (SSSR count). The number of carbonyl (C=O) groups is 2. The molecule has 120 valence electrons. The van der Waals surface area contributed by atoms with Crippen molar-refractivity contribution >= 4 is 27.7 Å². The molecular weight excluding hydrogens is 367 g/mol. The van der Waals surface area contributed by atoms with Crippen molar-refractivity contribution in [3.63, 3.8) is 0 Å². The Morgan fingerprint density at radius 1 is 1.22 bits per heavy atom. The summed E-state index contributed by atoms with van der Waals surface area (Å²) >= 11 is 3.26. The molecule has 2 amide bonds. The van der Waals surface area contributed by atoms with Crippen LogP contribution in [0.25, 0.3) is 0 Å². The molecule has 0 atom stereocenters. The normalized spacial score (nSPS) is 10.2. The second-order valence-corrected chi connectivity index (χ2v) is 5.56. The van der Waals surface area contributed by atoms with E-state index in [1.165, 1.54) is 12.1 Å². The fourth-order valence-corrected chi connectivity index (χ4v) is 2.26. The van der Waals surface area contributed by atoms with E-state index in [1.807, 2.05) is 0 Å². The van der Waals surface area contributed by atoms with Gasteiger partial charge in [-0.15, -0.1) is 0 Å². The van der Waals surface area contributed by atoms with Crippen LogP contribution in [0, 0.1) is 5.82 Å². The van der Waals surface area contributed by atoms with Crippen molar-refractivity contribution in [2.45, 2.75) is 6.61 Å². The van der Waals surface area contributed by atoms with Gasteiger partial charge in [0.1, 0.15) is 18.2 Å². The maximum atomic E-state index is 13.0. The molecule has 0 aliphatic heterocycles. The molecule has 0 radical (unpaired) electrons. The van der Waals surface area contributed by atoms with Crippen LogP contribution in [0.1, 0.15) is 15.9 Å². The number of carbonyl (C=O) groups excluding carboxylic acids is 2. The summed E-state index contributed by atoms with van der Waals surface area (Å²) in [7, 11) is 0. The highest BCUT2D eigenvalue weighted by Crippen LogP contribution is 2.21. The van der Waals surface area contributed by atoms with Gasteiger partial charge in [-0.3, -0.25) is 9.59 Å². The van der Waals surface area contributed by atoms with Gasteiger partial charge in [-0.05, 0) is 30.3 Å². The molecule has 0 aliphatic carbocycles.